The van der Waals surface area contributed by atoms with Crippen LogP contribution in [0.25, 0.3) is 0 Å². The number of hydrogen-bond acceptors (Lipinski definition) is 5. The zero-order valence-electron chi connectivity index (χ0n) is 12.4. The summed E-state index contributed by atoms with van der Waals surface area (Å²) < 4.78 is 45.7. The van der Waals surface area contributed by atoms with E-state index < -0.39 is 18.2 Å². The molecular weight excluding hydrogens is 303 g/mol. The number of aliphatic hydroxyl groups is 1. The SMILES string of the molecule is C=C(/C=C\C(OC)=C(/C)N/C=C\C(O)C(F)(F)F)C(=O)OC. The van der Waals surface area contributed by atoms with Crippen LogP contribution in [-0.4, -0.2) is 37.6 Å². The minimum Gasteiger partial charge on any atom is -0.495 e. The van der Waals surface area contributed by atoms with Crippen molar-refractivity contribution in [1.82, 2.24) is 5.32 Å². The molecule has 0 aliphatic heterocycles. The van der Waals surface area contributed by atoms with E-state index in [1.807, 2.05) is 0 Å². The second kappa shape index (κ2) is 8.93. The molecule has 1 unspecified atom stereocenters. The number of carbonyl (C=O) groups is 1. The van der Waals surface area contributed by atoms with E-state index >= 15 is 0 Å². The molecule has 2 N–H and O–H groups in total. The van der Waals surface area contributed by atoms with Gasteiger partial charge in [-0.2, -0.15) is 13.2 Å². The van der Waals surface area contributed by atoms with Crippen molar-refractivity contribution in [2.75, 3.05) is 14.2 Å². The highest BCUT2D eigenvalue weighted by molar-refractivity contribution is 5.90. The van der Waals surface area contributed by atoms with Crippen molar-refractivity contribution in [2.45, 2.75) is 19.2 Å². The van der Waals surface area contributed by atoms with Crippen molar-refractivity contribution in [3.63, 3.8) is 0 Å². The zero-order valence-corrected chi connectivity index (χ0v) is 12.4. The van der Waals surface area contributed by atoms with Gasteiger partial charge in [0.2, 0.25) is 0 Å². The van der Waals surface area contributed by atoms with Crippen LogP contribution in [0.3, 0.4) is 0 Å². The van der Waals surface area contributed by atoms with Crippen LogP contribution in [0.15, 0.2) is 48.0 Å². The molecule has 0 aromatic carbocycles. The minimum absolute atomic E-state index is 0.0767. The maximum Gasteiger partial charge on any atom is 0.418 e. The highest BCUT2D eigenvalue weighted by Crippen LogP contribution is 2.20. The van der Waals surface area contributed by atoms with Gasteiger partial charge in [0.05, 0.1) is 25.5 Å². The molecule has 1 atom stereocenters. The Morgan fingerprint density at radius 1 is 1.27 bits per heavy atom. The first-order valence-corrected chi connectivity index (χ1v) is 6.01. The van der Waals surface area contributed by atoms with Gasteiger partial charge in [-0.1, -0.05) is 6.58 Å². The number of halogens is 3. The van der Waals surface area contributed by atoms with Crippen LogP contribution < -0.4 is 5.32 Å². The Kier molecular flexibility index (Phi) is 8.03. The summed E-state index contributed by atoms with van der Waals surface area (Å²) in [6, 6.07) is 0. The van der Waals surface area contributed by atoms with Crippen LogP contribution in [0.2, 0.25) is 0 Å². The number of nitrogens with one attached hydrogen (secondary N) is 1. The van der Waals surface area contributed by atoms with E-state index in [1.54, 1.807) is 0 Å². The van der Waals surface area contributed by atoms with Gasteiger partial charge in [-0.3, -0.25) is 0 Å². The van der Waals surface area contributed by atoms with Crippen LogP contribution in [-0.2, 0) is 14.3 Å². The fourth-order valence-corrected chi connectivity index (χ4v) is 1.17. The molecule has 0 spiro atoms. The number of aliphatic hydroxyl groups excluding tert-OH is 1. The van der Waals surface area contributed by atoms with E-state index in [0.717, 1.165) is 6.20 Å². The van der Waals surface area contributed by atoms with Crippen molar-refractivity contribution >= 4 is 5.97 Å². The first-order valence-electron chi connectivity index (χ1n) is 6.01. The predicted octanol–water partition coefficient (Wildman–Crippen LogP) is 2.18. The summed E-state index contributed by atoms with van der Waals surface area (Å²) in [4.78, 5) is 11.1. The molecule has 22 heavy (non-hydrogen) atoms. The maximum absolute atomic E-state index is 12.1. The molecule has 0 radical (unpaired) electrons. The first kappa shape index (κ1) is 19.8. The number of hydrogen-bond donors (Lipinski definition) is 2. The Labute approximate surface area is 126 Å². The molecule has 0 amide bonds. The van der Waals surface area contributed by atoms with Gasteiger partial charge in [-0.05, 0) is 31.4 Å². The Morgan fingerprint density at radius 2 is 1.86 bits per heavy atom. The maximum atomic E-state index is 12.1. The second-order valence-electron chi connectivity index (χ2n) is 4.03. The highest BCUT2D eigenvalue weighted by Gasteiger charge is 2.36. The lowest BCUT2D eigenvalue weighted by molar-refractivity contribution is -0.187. The fraction of sp³-hybridized carbons (Fsp3) is 0.357. The van der Waals surface area contributed by atoms with Crippen LogP contribution in [0.4, 0.5) is 13.2 Å². The third kappa shape index (κ3) is 6.98. The standard InChI is InChI=1S/C14H18F3NO4/c1-9(13(20)22-4)5-6-11(21-3)10(2)18-8-7-12(19)14(15,16)17/h5-8,12,18-19H,1H2,2-4H3/b6-5-,8-7-,11-10-. The monoisotopic (exact) mass is 321 g/mol. The molecule has 0 aromatic heterocycles. The van der Waals surface area contributed by atoms with Gasteiger partial charge in [-0.25, -0.2) is 4.79 Å². The average molecular weight is 321 g/mol. The molecule has 124 valence electrons. The van der Waals surface area contributed by atoms with E-state index in [0.29, 0.717) is 11.8 Å². The van der Waals surface area contributed by atoms with Gasteiger partial charge in [0.25, 0.3) is 0 Å². The van der Waals surface area contributed by atoms with Crippen LogP contribution in [0, 0.1) is 0 Å². The molecule has 0 aliphatic carbocycles. The molecule has 0 saturated carbocycles. The van der Waals surface area contributed by atoms with Crippen LogP contribution in [0.5, 0.6) is 0 Å². The van der Waals surface area contributed by atoms with Crippen LogP contribution >= 0.6 is 0 Å². The number of ether oxygens (including phenoxy) is 2. The smallest absolute Gasteiger partial charge is 0.418 e. The van der Waals surface area contributed by atoms with Gasteiger partial charge < -0.3 is 19.9 Å². The molecule has 0 aromatic rings. The number of alkyl halides is 3. The minimum atomic E-state index is -4.72. The zero-order chi connectivity index (χ0) is 17.3. The number of methoxy groups -OCH3 is 2. The Morgan fingerprint density at radius 3 is 2.32 bits per heavy atom. The van der Waals surface area contributed by atoms with Crippen molar-refractivity contribution < 1.29 is 32.5 Å². The summed E-state index contributed by atoms with van der Waals surface area (Å²) in [5.74, 6) is -0.360. The lowest BCUT2D eigenvalue weighted by atomic mass is 10.2. The van der Waals surface area contributed by atoms with Crippen molar-refractivity contribution in [1.29, 1.82) is 0 Å². The van der Waals surface area contributed by atoms with E-state index in [4.69, 9.17) is 9.84 Å². The molecule has 0 bridgehead atoms. The van der Waals surface area contributed by atoms with Crippen molar-refractivity contribution in [3.05, 3.63) is 48.0 Å². The average Bonchev–Trinajstić information content (AvgIpc) is 2.45. The van der Waals surface area contributed by atoms with Crippen molar-refractivity contribution in [3.8, 4) is 0 Å². The topological polar surface area (TPSA) is 67.8 Å². The summed E-state index contributed by atoms with van der Waals surface area (Å²) in [6.07, 6.45) is -3.06. The Bertz CT molecular complexity index is 493. The summed E-state index contributed by atoms with van der Waals surface area (Å²) >= 11 is 0. The molecule has 0 heterocycles. The lowest BCUT2D eigenvalue weighted by Gasteiger charge is -2.11. The first-order chi connectivity index (χ1) is 10.1. The molecule has 0 aliphatic rings. The Balaban J connectivity index is 4.86. The highest BCUT2D eigenvalue weighted by atomic mass is 19.4. The molecule has 0 saturated heterocycles. The van der Waals surface area contributed by atoms with E-state index in [1.165, 1.54) is 33.3 Å². The van der Waals surface area contributed by atoms with E-state index in [2.05, 4.69) is 16.6 Å². The quantitative estimate of drug-likeness (QED) is 0.326. The lowest BCUT2D eigenvalue weighted by Crippen LogP contribution is -2.26. The number of carbonyl (C=O) groups excluding carboxylic acids is 1. The van der Waals surface area contributed by atoms with Gasteiger partial charge in [0.1, 0.15) is 5.76 Å². The number of rotatable bonds is 7. The second-order valence-corrected chi connectivity index (χ2v) is 4.03. The molecule has 0 fully saturated rings. The predicted molar refractivity (Wildman–Crippen MR) is 74.3 cm³/mol. The van der Waals surface area contributed by atoms with Gasteiger partial charge in [0, 0.05) is 0 Å². The number of allylic oxidation sites excluding steroid dienone is 2. The van der Waals surface area contributed by atoms with Gasteiger partial charge in [-0.15, -0.1) is 0 Å². The van der Waals surface area contributed by atoms with E-state index in [-0.39, 0.29) is 11.3 Å². The molecule has 8 heteroatoms. The molecule has 5 nitrogen and oxygen atoms in total. The van der Waals surface area contributed by atoms with E-state index in [9.17, 15) is 18.0 Å². The summed E-state index contributed by atoms with van der Waals surface area (Å²) in [5.41, 5.74) is 0.440. The normalized spacial score (nSPS) is 14.7. The summed E-state index contributed by atoms with van der Waals surface area (Å²) in [7, 11) is 2.55. The molecular formula is C14H18F3NO4. The molecule has 0 rings (SSSR count). The third-order valence-corrected chi connectivity index (χ3v) is 2.39. The fourth-order valence-electron chi connectivity index (χ4n) is 1.17. The number of esters is 1. The van der Waals surface area contributed by atoms with Gasteiger partial charge in [0.15, 0.2) is 6.10 Å². The van der Waals surface area contributed by atoms with Crippen LogP contribution in [0.1, 0.15) is 6.92 Å². The van der Waals surface area contributed by atoms with Crippen molar-refractivity contribution in [2.24, 2.45) is 0 Å². The largest absolute Gasteiger partial charge is 0.495 e. The third-order valence-electron chi connectivity index (χ3n) is 2.39. The van der Waals surface area contributed by atoms with Gasteiger partial charge >= 0.3 is 12.1 Å². The summed E-state index contributed by atoms with van der Waals surface area (Å²) in [5, 5.41) is 11.3. The summed E-state index contributed by atoms with van der Waals surface area (Å²) in [6.45, 7) is 5.01. The Hall–Kier alpha value is -2.22.